The average molecular weight is 236 g/mol. The molecule has 4 nitrogen and oxygen atoms in total. The maximum Gasteiger partial charge on any atom is 0.0629 e. The van der Waals surface area contributed by atoms with Gasteiger partial charge in [0.2, 0.25) is 0 Å². The van der Waals surface area contributed by atoms with E-state index in [2.05, 4.69) is 35.1 Å². The van der Waals surface area contributed by atoms with Crippen LogP contribution in [0, 0.1) is 5.92 Å². The van der Waals surface area contributed by atoms with Crippen LogP contribution in [-0.4, -0.2) is 9.78 Å². The van der Waals surface area contributed by atoms with Crippen LogP contribution >= 0.6 is 0 Å². The van der Waals surface area contributed by atoms with E-state index < -0.39 is 0 Å². The van der Waals surface area contributed by atoms with Gasteiger partial charge < -0.3 is 0 Å². The second kappa shape index (κ2) is 5.65. The van der Waals surface area contributed by atoms with E-state index in [1.165, 1.54) is 25.0 Å². The Hall–Kier alpha value is -0.870. The van der Waals surface area contributed by atoms with E-state index in [9.17, 15) is 0 Å². The van der Waals surface area contributed by atoms with Crippen molar-refractivity contribution in [3.8, 4) is 0 Å². The van der Waals surface area contributed by atoms with E-state index in [0.29, 0.717) is 0 Å². The molecule has 4 heteroatoms. The summed E-state index contributed by atoms with van der Waals surface area (Å²) in [7, 11) is 0. The van der Waals surface area contributed by atoms with Crippen LogP contribution in [0.4, 0.5) is 0 Å². The first-order valence-corrected chi connectivity index (χ1v) is 6.81. The lowest BCUT2D eigenvalue weighted by atomic mass is 10.1. The molecule has 1 aromatic heterocycles. The van der Waals surface area contributed by atoms with Crippen molar-refractivity contribution in [2.24, 2.45) is 11.8 Å². The van der Waals surface area contributed by atoms with Crippen LogP contribution in [0.3, 0.4) is 0 Å². The highest BCUT2D eigenvalue weighted by Crippen LogP contribution is 2.35. The van der Waals surface area contributed by atoms with Crippen LogP contribution in [-0.2, 0) is 13.0 Å². The van der Waals surface area contributed by atoms with E-state index in [0.717, 1.165) is 31.0 Å². The molecular formula is C13H24N4. The highest BCUT2D eigenvalue weighted by atomic mass is 15.3. The molecular weight excluding hydrogens is 212 g/mol. The average Bonchev–Trinajstić information content (AvgIpc) is 3.08. The Balaban J connectivity index is 2.06. The third-order valence-electron chi connectivity index (χ3n) is 3.64. The highest BCUT2D eigenvalue weighted by molar-refractivity contribution is 5.14. The SMILES string of the molecule is CCc1cc(C(CCC2CC2)NN)n(CC)n1. The van der Waals surface area contributed by atoms with Gasteiger partial charge in [-0.1, -0.05) is 19.8 Å². The van der Waals surface area contributed by atoms with Crippen LogP contribution in [0.1, 0.15) is 57.0 Å². The monoisotopic (exact) mass is 236 g/mol. The molecule has 0 aromatic carbocycles. The number of nitrogens with one attached hydrogen (secondary N) is 1. The van der Waals surface area contributed by atoms with Crippen LogP contribution in [0.2, 0.25) is 0 Å². The van der Waals surface area contributed by atoms with Crippen LogP contribution < -0.4 is 11.3 Å². The number of hydrogen-bond acceptors (Lipinski definition) is 3. The first-order valence-electron chi connectivity index (χ1n) is 6.81. The maximum absolute atomic E-state index is 5.69. The van der Waals surface area contributed by atoms with Gasteiger partial charge in [0.25, 0.3) is 0 Å². The molecule has 0 saturated heterocycles. The van der Waals surface area contributed by atoms with Crippen molar-refractivity contribution in [3.05, 3.63) is 17.5 Å². The molecule has 0 bridgehead atoms. The van der Waals surface area contributed by atoms with Crippen molar-refractivity contribution in [1.82, 2.24) is 15.2 Å². The van der Waals surface area contributed by atoms with Crippen LogP contribution in [0.5, 0.6) is 0 Å². The fourth-order valence-electron chi connectivity index (χ4n) is 2.32. The van der Waals surface area contributed by atoms with Gasteiger partial charge in [-0.05, 0) is 38.2 Å². The molecule has 0 aliphatic heterocycles. The first kappa shape index (κ1) is 12.6. The van der Waals surface area contributed by atoms with E-state index >= 15 is 0 Å². The lowest BCUT2D eigenvalue weighted by Crippen LogP contribution is -2.30. The predicted octanol–water partition coefficient (Wildman–Crippen LogP) is 2.16. The third kappa shape index (κ3) is 3.07. The van der Waals surface area contributed by atoms with Gasteiger partial charge in [-0.15, -0.1) is 0 Å². The number of nitrogens with two attached hydrogens (primary N) is 1. The quantitative estimate of drug-likeness (QED) is 0.563. The number of nitrogens with zero attached hydrogens (tertiary/aromatic N) is 2. The molecule has 1 saturated carbocycles. The lowest BCUT2D eigenvalue weighted by Gasteiger charge is -2.16. The summed E-state index contributed by atoms with van der Waals surface area (Å²) in [4.78, 5) is 0. The predicted molar refractivity (Wildman–Crippen MR) is 69.3 cm³/mol. The summed E-state index contributed by atoms with van der Waals surface area (Å²) in [6.07, 6.45) is 6.20. The minimum atomic E-state index is 0.253. The van der Waals surface area contributed by atoms with Gasteiger partial charge in [0, 0.05) is 6.54 Å². The van der Waals surface area contributed by atoms with Crippen LogP contribution in [0.25, 0.3) is 0 Å². The summed E-state index contributed by atoms with van der Waals surface area (Å²) in [5.74, 6) is 6.65. The topological polar surface area (TPSA) is 55.9 Å². The van der Waals surface area contributed by atoms with Gasteiger partial charge in [0.05, 0.1) is 17.4 Å². The Bertz CT molecular complexity index is 354. The second-order valence-electron chi connectivity index (χ2n) is 4.97. The van der Waals surface area contributed by atoms with Crippen molar-refractivity contribution < 1.29 is 0 Å². The summed E-state index contributed by atoms with van der Waals surface area (Å²) in [5, 5.41) is 4.58. The summed E-state index contributed by atoms with van der Waals surface area (Å²) in [6, 6.07) is 2.45. The Morgan fingerprint density at radius 3 is 2.82 bits per heavy atom. The number of aryl methyl sites for hydroxylation is 2. The molecule has 2 rings (SSSR count). The summed E-state index contributed by atoms with van der Waals surface area (Å²) < 4.78 is 2.08. The smallest absolute Gasteiger partial charge is 0.0629 e. The van der Waals surface area contributed by atoms with Crippen molar-refractivity contribution >= 4 is 0 Å². The van der Waals surface area contributed by atoms with Gasteiger partial charge >= 0.3 is 0 Å². The molecule has 0 amide bonds. The molecule has 1 aliphatic rings. The molecule has 96 valence electrons. The number of rotatable bonds is 7. The minimum Gasteiger partial charge on any atom is -0.271 e. The van der Waals surface area contributed by atoms with Gasteiger partial charge in [-0.3, -0.25) is 16.0 Å². The van der Waals surface area contributed by atoms with Gasteiger partial charge in [0.15, 0.2) is 0 Å². The van der Waals surface area contributed by atoms with Crippen molar-refractivity contribution in [1.29, 1.82) is 0 Å². The van der Waals surface area contributed by atoms with E-state index in [-0.39, 0.29) is 6.04 Å². The minimum absolute atomic E-state index is 0.253. The molecule has 1 aromatic rings. The maximum atomic E-state index is 5.69. The molecule has 1 aliphatic carbocycles. The molecule has 1 unspecified atom stereocenters. The lowest BCUT2D eigenvalue weighted by molar-refractivity contribution is 0.444. The van der Waals surface area contributed by atoms with Crippen molar-refractivity contribution in [3.63, 3.8) is 0 Å². The molecule has 1 atom stereocenters. The Morgan fingerprint density at radius 1 is 1.53 bits per heavy atom. The largest absolute Gasteiger partial charge is 0.271 e. The number of hydrogen-bond donors (Lipinski definition) is 2. The van der Waals surface area contributed by atoms with E-state index in [1.54, 1.807) is 0 Å². The normalized spacial score (nSPS) is 17.4. The van der Waals surface area contributed by atoms with Crippen molar-refractivity contribution in [2.45, 2.75) is 58.5 Å². The number of hydrazine groups is 1. The summed E-state index contributed by atoms with van der Waals surface area (Å²) in [6.45, 7) is 5.18. The third-order valence-corrected chi connectivity index (χ3v) is 3.64. The Kier molecular flexibility index (Phi) is 4.18. The zero-order valence-electron chi connectivity index (χ0n) is 10.9. The zero-order chi connectivity index (χ0) is 12.3. The first-order chi connectivity index (χ1) is 8.28. The summed E-state index contributed by atoms with van der Waals surface area (Å²) >= 11 is 0. The summed E-state index contributed by atoms with van der Waals surface area (Å²) in [5.41, 5.74) is 5.36. The molecule has 0 spiro atoms. The Labute approximate surface area is 104 Å². The molecule has 3 N–H and O–H groups in total. The van der Waals surface area contributed by atoms with Gasteiger partial charge in [0.1, 0.15) is 0 Å². The second-order valence-corrected chi connectivity index (χ2v) is 4.97. The fourth-order valence-corrected chi connectivity index (χ4v) is 2.32. The molecule has 17 heavy (non-hydrogen) atoms. The number of aromatic nitrogens is 2. The standard InChI is InChI=1S/C13H24N4/c1-3-11-9-13(17(4-2)16-11)12(15-14)8-7-10-5-6-10/h9-10,12,15H,3-8,14H2,1-2H3. The van der Waals surface area contributed by atoms with E-state index in [4.69, 9.17) is 5.84 Å². The molecule has 0 radical (unpaired) electrons. The fraction of sp³-hybridized carbons (Fsp3) is 0.769. The highest BCUT2D eigenvalue weighted by Gasteiger charge is 2.24. The molecule has 1 heterocycles. The zero-order valence-corrected chi connectivity index (χ0v) is 10.9. The Morgan fingerprint density at radius 2 is 2.29 bits per heavy atom. The van der Waals surface area contributed by atoms with Crippen molar-refractivity contribution in [2.75, 3.05) is 0 Å². The van der Waals surface area contributed by atoms with Gasteiger partial charge in [-0.2, -0.15) is 5.10 Å². The van der Waals surface area contributed by atoms with E-state index in [1.807, 2.05) is 0 Å². The van der Waals surface area contributed by atoms with Crippen LogP contribution in [0.15, 0.2) is 6.07 Å². The van der Waals surface area contributed by atoms with Gasteiger partial charge in [-0.25, -0.2) is 0 Å². The molecule has 1 fully saturated rings.